The number of phenolic OH excluding ortho intramolecular Hbond substituents is 6. The van der Waals surface area contributed by atoms with E-state index in [1.165, 1.54) is 0 Å². The van der Waals surface area contributed by atoms with Crippen LogP contribution in [0.1, 0.15) is 0 Å². The first kappa shape index (κ1) is 31.2. The van der Waals surface area contributed by atoms with Crippen molar-refractivity contribution in [1.29, 1.82) is 0 Å². The molecule has 0 unspecified atom stereocenters. The summed E-state index contributed by atoms with van der Waals surface area (Å²) >= 11 is 0. The van der Waals surface area contributed by atoms with Crippen molar-refractivity contribution in [3.05, 3.63) is 121 Å². The van der Waals surface area contributed by atoms with Gasteiger partial charge >= 0.3 is 0 Å². The molecule has 0 spiro atoms. The first-order chi connectivity index (χ1) is 25.2. The van der Waals surface area contributed by atoms with Gasteiger partial charge in [-0.3, -0.25) is 0 Å². The topological polar surface area (TPSA) is 121 Å². The van der Waals surface area contributed by atoms with Crippen LogP contribution in [-0.4, -0.2) is 46.3 Å². The van der Waals surface area contributed by atoms with Crippen LogP contribution in [0.2, 0.25) is 0 Å². The van der Waals surface area contributed by atoms with Gasteiger partial charge in [-0.1, -0.05) is 120 Å². The van der Waals surface area contributed by atoms with Crippen LogP contribution in [0.5, 0.6) is 34.5 Å². The largest absolute Gasteiger partial charge is 0.508 e. The van der Waals surface area contributed by atoms with Gasteiger partial charge in [0.05, 0.1) is 0 Å². The van der Waals surface area contributed by atoms with Crippen LogP contribution >= 0.6 is 0 Å². The third kappa shape index (κ3) is 4.27. The van der Waals surface area contributed by atoms with E-state index in [0.29, 0.717) is 16.5 Å². The van der Waals surface area contributed by atoms with E-state index in [-0.39, 0.29) is 43.6 Å². The summed E-state index contributed by atoms with van der Waals surface area (Å²) in [6, 6.07) is 38.4. The SMILES string of the molecule is [B]c1c([B])c(O)c2c(-c3cc4ccccc4c4ccccc34)c3c(O)c(O)c(O)c(O)c3c(-c3cccc(-c4cccc5ccccc45)c3)c2c1O. The maximum absolute atomic E-state index is 12.0. The Morgan fingerprint density at radius 2 is 0.808 bits per heavy atom. The third-order valence-electron chi connectivity index (χ3n) is 10.2. The summed E-state index contributed by atoms with van der Waals surface area (Å²) in [4.78, 5) is 0. The molecule has 6 N–H and O–H groups in total. The van der Waals surface area contributed by atoms with Crippen LogP contribution in [-0.2, 0) is 0 Å². The lowest BCUT2D eigenvalue weighted by molar-refractivity contribution is 0.351. The number of phenols is 6. The molecule has 0 atom stereocenters. The molecule has 244 valence electrons. The normalized spacial score (nSPS) is 11.7. The van der Waals surface area contributed by atoms with Crippen LogP contribution < -0.4 is 10.9 Å². The molecule has 0 fully saturated rings. The molecule has 0 aliphatic rings. The first-order valence-corrected chi connectivity index (χ1v) is 16.5. The van der Waals surface area contributed by atoms with E-state index in [9.17, 15) is 30.6 Å². The smallest absolute Gasteiger partial charge is 0.204 e. The lowest BCUT2D eigenvalue weighted by atomic mass is 9.73. The van der Waals surface area contributed by atoms with Gasteiger partial charge in [0.2, 0.25) is 11.5 Å². The molecule has 0 bridgehead atoms. The minimum atomic E-state index is -0.961. The molecule has 0 saturated heterocycles. The Labute approximate surface area is 299 Å². The summed E-state index contributed by atoms with van der Waals surface area (Å²) in [5, 5.41) is 74.9. The highest BCUT2D eigenvalue weighted by atomic mass is 16.3. The minimum Gasteiger partial charge on any atom is -0.508 e. The van der Waals surface area contributed by atoms with Crippen LogP contribution in [0.25, 0.3) is 87.2 Å². The summed E-state index contributed by atoms with van der Waals surface area (Å²) in [6.45, 7) is 0. The molecule has 0 saturated carbocycles. The summed E-state index contributed by atoms with van der Waals surface area (Å²) < 4.78 is 0. The van der Waals surface area contributed by atoms with Crippen LogP contribution in [0.4, 0.5) is 0 Å². The molecule has 9 aromatic rings. The molecule has 52 heavy (non-hydrogen) atoms. The Morgan fingerprint density at radius 1 is 0.327 bits per heavy atom. The molecule has 9 aromatic carbocycles. The zero-order valence-electron chi connectivity index (χ0n) is 27.4. The average Bonchev–Trinajstić information content (AvgIpc) is 3.19. The Kier molecular flexibility index (Phi) is 6.82. The van der Waals surface area contributed by atoms with Gasteiger partial charge < -0.3 is 30.6 Å². The van der Waals surface area contributed by atoms with Gasteiger partial charge in [-0.05, 0) is 66.7 Å². The summed E-state index contributed by atoms with van der Waals surface area (Å²) in [7, 11) is 12.7. The van der Waals surface area contributed by atoms with E-state index in [4.69, 9.17) is 15.7 Å². The number of hydrogen-bond donors (Lipinski definition) is 6. The zero-order valence-corrected chi connectivity index (χ0v) is 27.4. The lowest BCUT2D eigenvalue weighted by Crippen LogP contribution is -2.26. The fraction of sp³-hybridized carbons (Fsp3) is 0. The van der Waals surface area contributed by atoms with E-state index in [0.717, 1.165) is 38.1 Å². The van der Waals surface area contributed by atoms with Gasteiger partial charge in [-0.15, -0.1) is 0 Å². The first-order valence-electron chi connectivity index (χ1n) is 16.5. The van der Waals surface area contributed by atoms with Gasteiger partial charge in [-0.25, -0.2) is 0 Å². The Morgan fingerprint density at radius 3 is 1.50 bits per heavy atom. The highest BCUT2D eigenvalue weighted by Crippen LogP contribution is 2.59. The summed E-state index contributed by atoms with van der Waals surface area (Å²) in [5.74, 6) is -4.37. The molecule has 0 aliphatic carbocycles. The second kappa shape index (κ2) is 11.4. The molecule has 4 radical (unpaired) electrons. The molecular formula is C44H26B2O6. The van der Waals surface area contributed by atoms with Crippen molar-refractivity contribution >= 4 is 80.5 Å². The predicted octanol–water partition coefficient (Wildman–Crippen LogP) is 8.27. The maximum Gasteiger partial charge on any atom is 0.204 e. The molecule has 8 heteroatoms. The Balaban J connectivity index is 1.53. The highest BCUT2D eigenvalue weighted by Gasteiger charge is 2.31. The van der Waals surface area contributed by atoms with Gasteiger partial charge in [0.15, 0.2) is 11.5 Å². The summed E-state index contributed by atoms with van der Waals surface area (Å²) in [5.41, 5.74) is 2.31. The Hall–Kier alpha value is -6.79. The van der Waals surface area contributed by atoms with Crippen molar-refractivity contribution in [3.8, 4) is 67.9 Å². The monoisotopic (exact) mass is 672 g/mol. The van der Waals surface area contributed by atoms with Gasteiger partial charge in [0.25, 0.3) is 0 Å². The number of fused-ring (bicyclic) bond motifs is 6. The molecule has 0 heterocycles. The molecule has 0 amide bonds. The van der Waals surface area contributed by atoms with Gasteiger partial charge in [0.1, 0.15) is 27.2 Å². The van der Waals surface area contributed by atoms with Crippen molar-refractivity contribution in [2.75, 3.05) is 0 Å². The van der Waals surface area contributed by atoms with Crippen molar-refractivity contribution < 1.29 is 30.6 Å². The second-order valence-electron chi connectivity index (χ2n) is 13.0. The van der Waals surface area contributed by atoms with E-state index >= 15 is 0 Å². The molecule has 9 rings (SSSR count). The van der Waals surface area contributed by atoms with E-state index in [2.05, 4.69) is 0 Å². The zero-order chi connectivity index (χ0) is 36.0. The van der Waals surface area contributed by atoms with Crippen LogP contribution in [0, 0.1) is 0 Å². The van der Waals surface area contributed by atoms with Crippen molar-refractivity contribution in [3.63, 3.8) is 0 Å². The lowest BCUT2D eigenvalue weighted by Gasteiger charge is -2.24. The molecule has 0 aliphatic heterocycles. The molecule has 6 nitrogen and oxygen atoms in total. The quantitative estimate of drug-likeness (QED) is 0.0370. The summed E-state index contributed by atoms with van der Waals surface area (Å²) in [6.07, 6.45) is 0. The second-order valence-corrected chi connectivity index (χ2v) is 13.0. The van der Waals surface area contributed by atoms with E-state index in [1.807, 2.05) is 115 Å². The minimum absolute atomic E-state index is 0.0128. The number of benzene rings is 9. The molecule has 0 aromatic heterocycles. The van der Waals surface area contributed by atoms with Crippen molar-refractivity contribution in [2.45, 2.75) is 0 Å². The number of rotatable bonds is 3. The third-order valence-corrected chi connectivity index (χ3v) is 10.2. The number of aromatic hydroxyl groups is 6. The molecular weight excluding hydrogens is 646 g/mol. The van der Waals surface area contributed by atoms with Gasteiger partial charge in [-0.2, -0.15) is 0 Å². The van der Waals surface area contributed by atoms with Crippen LogP contribution in [0.3, 0.4) is 0 Å². The maximum atomic E-state index is 12.0. The standard InChI is InChI=1S/C44H26B2O6/c45-37-38(46)40(48)35-32(30-20-23-10-2-4-15-27(23)28-16-5-6-17-29(28)30)36-34(41(49)43(51)44(52)42(36)50)31(33(35)39(37)47)24-13-7-12-22(19-24)26-18-8-11-21-9-1-3-14-25(21)26/h1-20,47-52H. The average molecular weight is 672 g/mol. The van der Waals surface area contributed by atoms with E-state index < -0.39 is 34.5 Å². The van der Waals surface area contributed by atoms with Gasteiger partial charge in [0, 0.05) is 32.7 Å². The number of hydrogen-bond acceptors (Lipinski definition) is 6. The highest BCUT2D eigenvalue weighted by molar-refractivity contribution is 6.54. The fourth-order valence-corrected chi connectivity index (χ4v) is 7.82. The van der Waals surface area contributed by atoms with Crippen LogP contribution in [0.15, 0.2) is 121 Å². The van der Waals surface area contributed by atoms with Crippen molar-refractivity contribution in [1.82, 2.24) is 0 Å². The fourth-order valence-electron chi connectivity index (χ4n) is 7.82. The Bertz CT molecular complexity index is 2920. The van der Waals surface area contributed by atoms with Crippen molar-refractivity contribution in [2.24, 2.45) is 0 Å². The van der Waals surface area contributed by atoms with E-state index in [1.54, 1.807) is 6.07 Å². The predicted molar refractivity (Wildman–Crippen MR) is 211 cm³/mol.